The van der Waals surface area contributed by atoms with Crippen LogP contribution in [0.4, 0.5) is 0 Å². The molecule has 0 saturated heterocycles. The first-order valence-corrected chi connectivity index (χ1v) is 10.9. The van der Waals surface area contributed by atoms with Crippen molar-refractivity contribution in [2.75, 3.05) is 6.61 Å². The summed E-state index contributed by atoms with van der Waals surface area (Å²) in [5.74, 6) is -4.91. The number of carbonyl (C=O) groups excluding carboxylic acids is 4. The summed E-state index contributed by atoms with van der Waals surface area (Å²) in [6.45, 7) is 2.90. The minimum Gasteiger partial charge on any atom is -0.508 e. The monoisotopic (exact) mass is 495 g/mol. The van der Waals surface area contributed by atoms with E-state index in [4.69, 9.17) is 16.6 Å². The van der Waals surface area contributed by atoms with Gasteiger partial charge in [-0.1, -0.05) is 26.0 Å². The van der Waals surface area contributed by atoms with Crippen LogP contribution in [0.25, 0.3) is 0 Å². The highest BCUT2D eigenvalue weighted by molar-refractivity contribution is 5.95. The largest absolute Gasteiger partial charge is 0.508 e. The van der Waals surface area contributed by atoms with E-state index in [-0.39, 0.29) is 24.5 Å². The van der Waals surface area contributed by atoms with Gasteiger partial charge in [0.25, 0.3) is 0 Å². The molecule has 0 saturated carbocycles. The third-order valence-electron chi connectivity index (χ3n) is 4.90. The number of hydrogen-bond donors (Lipinski definition) is 8. The molecule has 0 aliphatic heterocycles. The molecule has 0 aliphatic carbocycles. The van der Waals surface area contributed by atoms with Crippen molar-refractivity contribution in [2.24, 2.45) is 17.4 Å². The Morgan fingerprint density at radius 2 is 1.40 bits per heavy atom. The van der Waals surface area contributed by atoms with Gasteiger partial charge in [0, 0.05) is 6.42 Å². The van der Waals surface area contributed by atoms with Crippen LogP contribution in [0.15, 0.2) is 24.3 Å². The van der Waals surface area contributed by atoms with Crippen molar-refractivity contribution in [1.82, 2.24) is 16.0 Å². The molecule has 0 bridgehead atoms. The normalized spacial score (nSPS) is 14.3. The van der Waals surface area contributed by atoms with E-state index >= 15 is 0 Å². The topological polar surface area (TPSA) is 234 Å². The van der Waals surface area contributed by atoms with Crippen LogP contribution in [0, 0.1) is 5.92 Å². The summed E-state index contributed by atoms with van der Waals surface area (Å²) in [4.78, 5) is 60.7. The van der Waals surface area contributed by atoms with Gasteiger partial charge in [0.2, 0.25) is 23.6 Å². The molecule has 1 aromatic rings. The standard InChI is InChI=1S/C22H33N5O8/c1-11(2)7-15(20(32)27-17(22(34)35)9-18(24)30)26-21(33)16(25-19(31)14(23)10-28)8-12-3-5-13(29)6-4-12/h3-6,11,14-17,28-29H,7-10,23H2,1-2H3,(H2,24,30)(H,25,31)(H,26,33)(H,27,32)(H,34,35). The zero-order valence-electron chi connectivity index (χ0n) is 19.6. The van der Waals surface area contributed by atoms with Gasteiger partial charge in [0.1, 0.15) is 29.9 Å². The molecule has 35 heavy (non-hydrogen) atoms. The summed E-state index contributed by atoms with van der Waals surface area (Å²) >= 11 is 0. The Balaban J connectivity index is 3.12. The van der Waals surface area contributed by atoms with Gasteiger partial charge < -0.3 is 42.7 Å². The quantitative estimate of drug-likeness (QED) is 0.138. The van der Waals surface area contributed by atoms with Crippen LogP contribution in [-0.2, 0) is 30.4 Å². The first-order valence-electron chi connectivity index (χ1n) is 10.9. The lowest BCUT2D eigenvalue weighted by Gasteiger charge is -2.26. The van der Waals surface area contributed by atoms with Crippen LogP contribution < -0.4 is 27.4 Å². The van der Waals surface area contributed by atoms with E-state index in [1.165, 1.54) is 24.3 Å². The summed E-state index contributed by atoms with van der Waals surface area (Å²) in [6, 6.07) is 0.583. The zero-order chi connectivity index (χ0) is 26.7. The predicted molar refractivity (Wildman–Crippen MR) is 124 cm³/mol. The smallest absolute Gasteiger partial charge is 0.326 e. The lowest BCUT2D eigenvalue weighted by atomic mass is 10.0. The van der Waals surface area contributed by atoms with E-state index < -0.39 is 66.8 Å². The van der Waals surface area contributed by atoms with E-state index in [1.54, 1.807) is 13.8 Å². The highest BCUT2D eigenvalue weighted by Gasteiger charge is 2.31. The maximum atomic E-state index is 13.1. The summed E-state index contributed by atoms with van der Waals surface area (Å²) < 4.78 is 0. The van der Waals surface area contributed by atoms with Crippen molar-refractivity contribution in [2.45, 2.75) is 57.3 Å². The number of aliphatic hydroxyl groups excluding tert-OH is 1. The molecule has 194 valence electrons. The number of primary amides is 1. The third kappa shape index (κ3) is 10.4. The summed E-state index contributed by atoms with van der Waals surface area (Å²) in [7, 11) is 0. The SMILES string of the molecule is CC(C)CC(NC(=O)C(Cc1ccc(O)cc1)NC(=O)C(N)CO)C(=O)NC(CC(N)=O)C(=O)O. The molecule has 0 aromatic heterocycles. The van der Waals surface area contributed by atoms with Gasteiger partial charge in [-0.05, 0) is 30.0 Å². The van der Waals surface area contributed by atoms with Gasteiger partial charge in [-0.2, -0.15) is 0 Å². The second-order valence-corrected chi connectivity index (χ2v) is 8.48. The molecule has 1 aromatic carbocycles. The lowest BCUT2D eigenvalue weighted by Crippen LogP contribution is -2.58. The number of phenolic OH excluding ortho intramolecular Hbond substituents is 1. The molecule has 13 nitrogen and oxygen atoms in total. The Morgan fingerprint density at radius 3 is 1.89 bits per heavy atom. The lowest BCUT2D eigenvalue weighted by molar-refractivity contribution is -0.144. The number of hydrogen-bond acceptors (Lipinski definition) is 8. The Labute approximate surface area is 202 Å². The average molecular weight is 496 g/mol. The minimum atomic E-state index is -1.58. The second-order valence-electron chi connectivity index (χ2n) is 8.48. The molecule has 4 atom stereocenters. The molecular weight excluding hydrogens is 462 g/mol. The van der Waals surface area contributed by atoms with Crippen LogP contribution in [-0.4, -0.2) is 75.7 Å². The van der Waals surface area contributed by atoms with Crippen LogP contribution in [0.1, 0.15) is 32.3 Å². The van der Waals surface area contributed by atoms with Crippen LogP contribution in [0.5, 0.6) is 5.75 Å². The molecule has 0 heterocycles. The number of benzene rings is 1. The Bertz CT molecular complexity index is 906. The highest BCUT2D eigenvalue weighted by atomic mass is 16.4. The average Bonchev–Trinajstić information content (AvgIpc) is 2.77. The highest BCUT2D eigenvalue weighted by Crippen LogP contribution is 2.12. The molecule has 1 rings (SSSR count). The van der Waals surface area contributed by atoms with Crippen LogP contribution in [0.3, 0.4) is 0 Å². The third-order valence-corrected chi connectivity index (χ3v) is 4.90. The maximum absolute atomic E-state index is 13.1. The van der Waals surface area contributed by atoms with E-state index in [1.807, 2.05) is 0 Å². The number of carbonyl (C=O) groups is 5. The van der Waals surface area contributed by atoms with Crippen molar-refractivity contribution in [1.29, 1.82) is 0 Å². The van der Waals surface area contributed by atoms with E-state index in [0.29, 0.717) is 5.56 Å². The van der Waals surface area contributed by atoms with Gasteiger partial charge in [0.05, 0.1) is 13.0 Å². The molecule has 10 N–H and O–H groups in total. The number of aromatic hydroxyl groups is 1. The van der Waals surface area contributed by atoms with E-state index in [9.17, 15) is 34.2 Å². The van der Waals surface area contributed by atoms with E-state index in [0.717, 1.165) is 0 Å². The molecule has 4 amide bonds. The minimum absolute atomic E-state index is 0.00120. The number of carboxylic acids is 1. The van der Waals surface area contributed by atoms with Crippen molar-refractivity contribution in [3.05, 3.63) is 29.8 Å². The number of phenols is 1. The first kappa shape index (κ1) is 29.3. The van der Waals surface area contributed by atoms with Crippen molar-refractivity contribution in [3.63, 3.8) is 0 Å². The van der Waals surface area contributed by atoms with Crippen molar-refractivity contribution >= 4 is 29.6 Å². The second kappa shape index (κ2) is 13.9. The van der Waals surface area contributed by atoms with Crippen molar-refractivity contribution < 1.29 is 39.3 Å². The fraction of sp³-hybridized carbons (Fsp3) is 0.500. The molecule has 0 spiro atoms. The molecule has 13 heteroatoms. The first-order chi connectivity index (χ1) is 16.3. The van der Waals surface area contributed by atoms with Crippen molar-refractivity contribution in [3.8, 4) is 5.75 Å². The molecule has 0 radical (unpaired) electrons. The summed E-state index contributed by atoms with van der Waals surface area (Å²) in [5, 5.41) is 35.0. The van der Waals surface area contributed by atoms with E-state index in [2.05, 4.69) is 16.0 Å². The van der Waals surface area contributed by atoms with Gasteiger partial charge in [-0.25, -0.2) is 4.79 Å². The summed E-state index contributed by atoms with van der Waals surface area (Å²) in [6.07, 6.45) is -0.552. The molecule has 0 fully saturated rings. The fourth-order valence-electron chi connectivity index (χ4n) is 3.09. The fourth-order valence-corrected chi connectivity index (χ4v) is 3.09. The molecule has 4 unspecified atom stereocenters. The van der Waals surface area contributed by atoms with Crippen LogP contribution >= 0.6 is 0 Å². The number of rotatable bonds is 14. The Hall–Kier alpha value is -3.71. The molecule has 0 aliphatic rings. The molecular formula is C22H33N5O8. The maximum Gasteiger partial charge on any atom is 0.326 e. The Kier molecular flexibility index (Phi) is 11.6. The number of carboxylic acid groups (broad SMARTS) is 1. The zero-order valence-corrected chi connectivity index (χ0v) is 19.6. The van der Waals surface area contributed by atoms with Gasteiger partial charge in [0.15, 0.2) is 0 Å². The van der Waals surface area contributed by atoms with Crippen LogP contribution in [0.2, 0.25) is 0 Å². The number of nitrogens with one attached hydrogen (secondary N) is 3. The number of nitrogens with two attached hydrogens (primary N) is 2. The predicted octanol–water partition coefficient (Wildman–Crippen LogP) is -2.29. The van der Waals surface area contributed by atoms with Gasteiger partial charge >= 0.3 is 5.97 Å². The van der Waals surface area contributed by atoms with Gasteiger partial charge in [-0.15, -0.1) is 0 Å². The Morgan fingerprint density at radius 1 is 0.886 bits per heavy atom. The summed E-state index contributed by atoms with van der Waals surface area (Å²) in [5.41, 5.74) is 11.1. The number of amides is 4. The number of aliphatic carboxylic acids is 1. The number of aliphatic hydroxyl groups is 1. The van der Waals surface area contributed by atoms with Gasteiger partial charge in [-0.3, -0.25) is 19.2 Å².